The third-order valence-electron chi connectivity index (χ3n) is 1.85. The van der Waals surface area contributed by atoms with E-state index in [-0.39, 0.29) is 6.61 Å². The summed E-state index contributed by atoms with van der Waals surface area (Å²) in [5.74, 6) is -0.605. The van der Waals surface area contributed by atoms with Gasteiger partial charge in [0.15, 0.2) is 0 Å². The van der Waals surface area contributed by atoms with Crippen LogP contribution in [0, 0.1) is 0 Å². The number of alkyl carbamates (subject to hydrolysis) is 1. The number of carbonyl (C=O) groups is 1. The molecule has 0 radical (unpaired) electrons. The number of amides is 1. The smallest absolute Gasteiger partial charge is 0.407 e. The summed E-state index contributed by atoms with van der Waals surface area (Å²) in [7, 11) is -4.09. The van der Waals surface area contributed by atoms with E-state index in [9.17, 15) is 13.2 Å². The maximum absolute atomic E-state index is 11.1. The van der Waals surface area contributed by atoms with Crippen molar-refractivity contribution in [2.45, 2.75) is 6.54 Å². The lowest BCUT2D eigenvalue weighted by Crippen LogP contribution is -2.25. The molecule has 1 aromatic rings. The molecule has 0 spiro atoms. The first-order valence-corrected chi connectivity index (χ1v) is 6.48. The summed E-state index contributed by atoms with van der Waals surface area (Å²) in [6, 6.07) is 9.19. The van der Waals surface area contributed by atoms with Gasteiger partial charge in [-0.1, -0.05) is 30.3 Å². The first kappa shape index (κ1) is 13.5. The van der Waals surface area contributed by atoms with Gasteiger partial charge in [-0.25, -0.2) is 4.79 Å². The minimum atomic E-state index is -4.09. The highest BCUT2D eigenvalue weighted by Crippen LogP contribution is 1.97. The van der Waals surface area contributed by atoms with E-state index in [0.29, 0.717) is 6.54 Å². The summed E-state index contributed by atoms with van der Waals surface area (Å²) in [4.78, 5) is 11.1. The molecule has 0 saturated heterocycles. The van der Waals surface area contributed by atoms with Crippen molar-refractivity contribution in [1.82, 2.24) is 5.32 Å². The van der Waals surface area contributed by atoms with Crippen LogP contribution < -0.4 is 5.32 Å². The van der Waals surface area contributed by atoms with Crippen molar-refractivity contribution in [2.24, 2.45) is 0 Å². The standard InChI is InChI=1S/C10H13NO5S/c12-10(16-6-7-17(13,14)15)11-8-9-4-2-1-3-5-9/h1-5H,6-8H2,(H,11,12)(H,13,14,15). The van der Waals surface area contributed by atoms with Crippen molar-refractivity contribution >= 4 is 16.2 Å². The summed E-state index contributed by atoms with van der Waals surface area (Å²) in [6.07, 6.45) is -0.725. The summed E-state index contributed by atoms with van der Waals surface area (Å²) < 4.78 is 33.6. The fourth-order valence-corrected chi connectivity index (χ4v) is 1.35. The van der Waals surface area contributed by atoms with Crippen LogP contribution >= 0.6 is 0 Å². The van der Waals surface area contributed by atoms with E-state index in [1.54, 1.807) is 0 Å². The molecule has 1 rings (SSSR count). The van der Waals surface area contributed by atoms with Gasteiger partial charge in [0.05, 0.1) is 0 Å². The lowest BCUT2D eigenvalue weighted by Gasteiger charge is -2.06. The zero-order chi connectivity index (χ0) is 12.7. The molecule has 17 heavy (non-hydrogen) atoms. The van der Waals surface area contributed by atoms with Crippen molar-refractivity contribution in [3.63, 3.8) is 0 Å². The van der Waals surface area contributed by atoms with Crippen LogP contribution in [0.3, 0.4) is 0 Å². The van der Waals surface area contributed by atoms with Gasteiger partial charge in [-0.3, -0.25) is 4.55 Å². The monoisotopic (exact) mass is 259 g/mol. The number of carbonyl (C=O) groups excluding carboxylic acids is 1. The van der Waals surface area contributed by atoms with Gasteiger partial charge in [0.2, 0.25) is 0 Å². The molecule has 1 aromatic carbocycles. The van der Waals surface area contributed by atoms with Crippen molar-refractivity contribution in [2.75, 3.05) is 12.4 Å². The Hall–Kier alpha value is -1.60. The van der Waals surface area contributed by atoms with E-state index in [1.807, 2.05) is 30.3 Å². The van der Waals surface area contributed by atoms with Gasteiger partial charge in [-0.2, -0.15) is 8.42 Å². The Balaban J connectivity index is 2.22. The Kier molecular flexibility index (Phi) is 4.92. The summed E-state index contributed by atoms with van der Waals surface area (Å²) in [5, 5.41) is 2.45. The van der Waals surface area contributed by atoms with Crippen molar-refractivity contribution < 1.29 is 22.5 Å². The molecule has 94 valence electrons. The highest BCUT2D eigenvalue weighted by atomic mass is 32.2. The summed E-state index contributed by atoms with van der Waals surface area (Å²) >= 11 is 0. The quantitative estimate of drug-likeness (QED) is 0.763. The topological polar surface area (TPSA) is 92.7 Å². The molecular formula is C10H13NO5S. The van der Waals surface area contributed by atoms with Gasteiger partial charge in [0, 0.05) is 6.54 Å². The van der Waals surface area contributed by atoms with Crippen molar-refractivity contribution in [1.29, 1.82) is 0 Å². The molecule has 0 heterocycles. The molecule has 0 aliphatic carbocycles. The third-order valence-corrected chi connectivity index (χ3v) is 2.54. The molecule has 2 N–H and O–H groups in total. The van der Waals surface area contributed by atoms with Gasteiger partial charge < -0.3 is 10.1 Å². The van der Waals surface area contributed by atoms with Crippen molar-refractivity contribution in [3.05, 3.63) is 35.9 Å². The number of hydrogen-bond donors (Lipinski definition) is 2. The number of hydrogen-bond acceptors (Lipinski definition) is 4. The second-order valence-electron chi connectivity index (χ2n) is 3.26. The first-order chi connectivity index (χ1) is 7.97. The van der Waals surface area contributed by atoms with Gasteiger partial charge >= 0.3 is 6.09 Å². The molecule has 0 saturated carbocycles. The summed E-state index contributed by atoms with van der Waals surface area (Å²) in [5.41, 5.74) is 0.902. The van der Waals surface area contributed by atoms with Crippen molar-refractivity contribution in [3.8, 4) is 0 Å². The predicted octanol–water partition coefficient (Wildman–Crippen LogP) is 0.801. The van der Waals surface area contributed by atoms with Crippen LogP contribution in [-0.4, -0.2) is 31.4 Å². The second-order valence-corrected chi connectivity index (χ2v) is 4.83. The van der Waals surface area contributed by atoms with Gasteiger partial charge in [-0.15, -0.1) is 0 Å². The molecule has 7 heteroatoms. The van der Waals surface area contributed by atoms with Gasteiger partial charge in [-0.05, 0) is 5.56 Å². The normalized spacial score (nSPS) is 10.9. The molecule has 0 bridgehead atoms. The van der Waals surface area contributed by atoms with Crippen LogP contribution in [0.2, 0.25) is 0 Å². The Bertz CT molecular complexity index is 457. The highest BCUT2D eigenvalue weighted by molar-refractivity contribution is 7.85. The zero-order valence-corrected chi connectivity index (χ0v) is 9.81. The summed E-state index contributed by atoms with van der Waals surface area (Å²) in [6.45, 7) is -0.0784. The van der Waals surface area contributed by atoms with Gasteiger partial charge in [0.1, 0.15) is 12.4 Å². The fraction of sp³-hybridized carbons (Fsp3) is 0.300. The largest absolute Gasteiger partial charge is 0.448 e. The minimum absolute atomic E-state index is 0.297. The molecule has 0 atom stereocenters. The SMILES string of the molecule is O=C(NCc1ccccc1)OCCS(=O)(=O)O. The van der Waals surface area contributed by atoms with E-state index in [0.717, 1.165) is 5.56 Å². The molecule has 0 aliphatic rings. The number of benzene rings is 1. The van der Waals surface area contributed by atoms with E-state index < -0.39 is 22.0 Å². The third kappa shape index (κ3) is 6.54. The molecule has 0 aromatic heterocycles. The fourth-order valence-electron chi connectivity index (χ4n) is 1.06. The Morgan fingerprint density at radius 2 is 1.94 bits per heavy atom. The predicted molar refractivity (Wildman–Crippen MR) is 61.0 cm³/mol. The number of ether oxygens (including phenoxy) is 1. The van der Waals surface area contributed by atoms with E-state index in [1.165, 1.54) is 0 Å². The van der Waals surface area contributed by atoms with Crippen LogP contribution in [0.1, 0.15) is 5.56 Å². The minimum Gasteiger partial charge on any atom is -0.448 e. The molecule has 6 nitrogen and oxygen atoms in total. The molecule has 0 aliphatic heterocycles. The van der Waals surface area contributed by atoms with Crippen LogP contribution in [-0.2, 0) is 21.4 Å². The number of nitrogens with one attached hydrogen (secondary N) is 1. The van der Waals surface area contributed by atoms with Crippen LogP contribution in [0.15, 0.2) is 30.3 Å². The van der Waals surface area contributed by atoms with E-state index in [4.69, 9.17) is 4.55 Å². The lowest BCUT2D eigenvalue weighted by atomic mass is 10.2. The number of rotatable bonds is 5. The lowest BCUT2D eigenvalue weighted by molar-refractivity contribution is 0.152. The van der Waals surface area contributed by atoms with E-state index >= 15 is 0 Å². The molecule has 0 unspecified atom stereocenters. The zero-order valence-electron chi connectivity index (χ0n) is 9.00. The Morgan fingerprint density at radius 1 is 1.29 bits per heavy atom. The maximum atomic E-state index is 11.1. The highest BCUT2D eigenvalue weighted by Gasteiger charge is 2.07. The maximum Gasteiger partial charge on any atom is 0.407 e. The average molecular weight is 259 g/mol. The first-order valence-electron chi connectivity index (χ1n) is 4.87. The molecular weight excluding hydrogens is 246 g/mol. The van der Waals surface area contributed by atoms with Crippen LogP contribution in [0.5, 0.6) is 0 Å². The van der Waals surface area contributed by atoms with Crippen LogP contribution in [0.4, 0.5) is 4.79 Å². The Labute approximate surface area is 99.3 Å². The molecule has 0 fully saturated rings. The second kappa shape index (κ2) is 6.21. The Morgan fingerprint density at radius 3 is 2.53 bits per heavy atom. The van der Waals surface area contributed by atoms with Gasteiger partial charge in [0.25, 0.3) is 10.1 Å². The van der Waals surface area contributed by atoms with Crippen LogP contribution in [0.25, 0.3) is 0 Å². The molecule has 1 amide bonds. The average Bonchev–Trinajstić information content (AvgIpc) is 2.26. The van der Waals surface area contributed by atoms with E-state index in [2.05, 4.69) is 10.1 Å².